The zero-order chi connectivity index (χ0) is 14.9. The molecule has 0 atom stereocenters. The van der Waals surface area contributed by atoms with Crippen LogP contribution in [0.15, 0.2) is 23.0 Å². The molecule has 5 nitrogen and oxygen atoms in total. The van der Waals surface area contributed by atoms with Gasteiger partial charge in [-0.25, -0.2) is 0 Å². The molecule has 0 aliphatic carbocycles. The molecule has 6 heteroatoms. The molecular weight excluding hydrogens is 282 g/mol. The maximum absolute atomic E-state index is 12.1. The molecule has 0 fully saturated rings. The first kappa shape index (κ1) is 14.6. The first-order valence-electron chi connectivity index (χ1n) is 6.09. The fourth-order valence-electron chi connectivity index (χ4n) is 2.39. The topological polar surface area (TPSA) is 79.5 Å². The number of aryl methyl sites for hydroxylation is 1. The van der Waals surface area contributed by atoms with Gasteiger partial charge in [0.2, 0.25) is 0 Å². The number of halogens is 1. The van der Waals surface area contributed by atoms with Crippen LogP contribution < -0.4 is 5.43 Å². The summed E-state index contributed by atoms with van der Waals surface area (Å²) in [4.78, 5) is 23.0. The van der Waals surface area contributed by atoms with Gasteiger partial charge in [0, 0.05) is 28.7 Å². The predicted octanol–water partition coefficient (Wildman–Crippen LogP) is 1.58. The summed E-state index contributed by atoms with van der Waals surface area (Å²) in [6.45, 7) is 1.88. The lowest BCUT2D eigenvalue weighted by Crippen LogP contribution is -2.19. The van der Waals surface area contributed by atoms with Gasteiger partial charge in [-0.1, -0.05) is 11.6 Å². The van der Waals surface area contributed by atoms with Crippen LogP contribution in [0.2, 0.25) is 5.02 Å². The van der Waals surface area contributed by atoms with Crippen LogP contribution >= 0.6 is 11.6 Å². The third-order valence-corrected chi connectivity index (χ3v) is 3.32. The van der Waals surface area contributed by atoms with E-state index in [1.54, 1.807) is 23.6 Å². The Morgan fingerprint density at radius 2 is 2.05 bits per heavy atom. The van der Waals surface area contributed by atoms with Crippen molar-refractivity contribution >= 4 is 28.5 Å². The van der Waals surface area contributed by atoms with Gasteiger partial charge in [-0.05, 0) is 24.6 Å². The van der Waals surface area contributed by atoms with Gasteiger partial charge in [-0.15, -0.1) is 0 Å². The summed E-state index contributed by atoms with van der Waals surface area (Å²) < 4.78 is 1.66. The summed E-state index contributed by atoms with van der Waals surface area (Å²) in [5.74, 6) is -1.03. The zero-order valence-corrected chi connectivity index (χ0v) is 11.6. The highest BCUT2D eigenvalue weighted by Gasteiger charge is 2.14. The highest BCUT2D eigenvalue weighted by atomic mass is 35.5. The number of aliphatic hydroxyl groups is 1. The van der Waals surface area contributed by atoms with Crippen LogP contribution in [0.3, 0.4) is 0 Å². The molecule has 0 unspecified atom stereocenters. The molecular formula is C14H14ClNO4. The number of hydrogen-bond donors (Lipinski definition) is 2. The second-order valence-corrected chi connectivity index (χ2v) is 5.00. The second-order valence-electron chi connectivity index (χ2n) is 4.56. The number of carboxylic acid groups (broad SMARTS) is 1. The number of carboxylic acids is 1. The molecule has 0 bridgehead atoms. The minimum atomic E-state index is -1.03. The average Bonchev–Trinajstić information content (AvgIpc) is 2.33. The number of rotatable bonds is 4. The molecule has 0 aliphatic rings. The van der Waals surface area contributed by atoms with Gasteiger partial charge in [-0.3, -0.25) is 9.59 Å². The van der Waals surface area contributed by atoms with Gasteiger partial charge < -0.3 is 14.8 Å². The predicted molar refractivity (Wildman–Crippen MR) is 76.4 cm³/mol. The Labute approximate surface area is 120 Å². The van der Waals surface area contributed by atoms with E-state index in [4.69, 9.17) is 16.7 Å². The maximum Gasteiger partial charge on any atom is 0.309 e. The molecule has 1 aromatic carbocycles. The van der Waals surface area contributed by atoms with Gasteiger partial charge in [0.25, 0.3) is 0 Å². The third-order valence-electron chi connectivity index (χ3n) is 3.10. The highest BCUT2D eigenvalue weighted by Crippen LogP contribution is 2.22. The monoisotopic (exact) mass is 295 g/mol. The average molecular weight is 296 g/mol. The molecule has 0 radical (unpaired) electrons. The molecule has 20 heavy (non-hydrogen) atoms. The van der Waals surface area contributed by atoms with Crippen LogP contribution in [0.1, 0.15) is 11.3 Å². The van der Waals surface area contributed by atoms with Crippen LogP contribution in [0, 0.1) is 6.92 Å². The van der Waals surface area contributed by atoms with Gasteiger partial charge in [0.1, 0.15) is 0 Å². The second kappa shape index (κ2) is 5.64. The molecule has 2 aromatic rings. The van der Waals surface area contributed by atoms with Gasteiger partial charge in [-0.2, -0.15) is 0 Å². The number of fused-ring (bicyclic) bond motifs is 1. The molecule has 106 valence electrons. The summed E-state index contributed by atoms with van der Waals surface area (Å²) in [5, 5.41) is 19.0. The van der Waals surface area contributed by atoms with Crippen molar-refractivity contribution in [1.29, 1.82) is 0 Å². The van der Waals surface area contributed by atoms with Crippen molar-refractivity contribution in [3.05, 3.63) is 44.7 Å². The SMILES string of the molecule is Cc1cc(Cl)cc2c(=O)cc(CC(=O)O)n(CCO)c12. The van der Waals surface area contributed by atoms with E-state index in [1.807, 2.05) is 0 Å². The number of aliphatic hydroxyl groups excluding tert-OH is 1. The van der Waals surface area contributed by atoms with Gasteiger partial charge in [0.15, 0.2) is 5.43 Å². The van der Waals surface area contributed by atoms with E-state index in [1.165, 1.54) is 6.07 Å². The van der Waals surface area contributed by atoms with Crippen LogP contribution in [0.4, 0.5) is 0 Å². The molecule has 1 heterocycles. The number of benzene rings is 1. The van der Waals surface area contributed by atoms with Crippen LogP contribution in [0.5, 0.6) is 0 Å². The fraction of sp³-hybridized carbons (Fsp3) is 0.286. The summed E-state index contributed by atoms with van der Waals surface area (Å²) >= 11 is 5.96. The fourth-order valence-corrected chi connectivity index (χ4v) is 2.66. The Balaban J connectivity index is 2.86. The normalized spacial score (nSPS) is 10.9. The van der Waals surface area contributed by atoms with Gasteiger partial charge >= 0.3 is 5.97 Å². The Bertz CT molecular complexity index is 736. The number of pyridine rings is 1. The van der Waals surface area contributed by atoms with Crippen LogP contribution in [-0.2, 0) is 17.8 Å². The smallest absolute Gasteiger partial charge is 0.309 e. The van der Waals surface area contributed by atoms with Crippen molar-refractivity contribution in [2.24, 2.45) is 0 Å². The van der Waals surface area contributed by atoms with Crippen molar-refractivity contribution in [2.45, 2.75) is 19.9 Å². The Kier molecular flexibility index (Phi) is 4.11. The van der Waals surface area contributed by atoms with E-state index in [0.29, 0.717) is 21.6 Å². The highest BCUT2D eigenvalue weighted by molar-refractivity contribution is 6.31. The molecule has 2 N–H and O–H groups in total. The van der Waals surface area contributed by atoms with Crippen molar-refractivity contribution in [3.8, 4) is 0 Å². The Morgan fingerprint density at radius 1 is 1.35 bits per heavy atom. The van der Waals surface area contributed by atoms with Gasteiger partial charge in [0.05, 0.1) is 18.5 Å². The van der Waals surface area contributed by atoms with E-state index in [9.17, 15) is 14.7 Å². The Morgan fingerprint density at radius 3 is 2.65 bits per heavy atom. The minimum absolute atomic E-state index is 0.146. The lowest BCUT2D eigenvalue weighted by Gasteiger charge is -2.17. The van der Waals surface area contributed by atoms with Crippen LogP contribution in [-0.4, -0.2) is 27.4 Å². The standard InChI is InChI=1S/C14H14ClNO4/c1-8-4-9(15)5-11-12(18)6-10(7-13(19)20)16(2-3-17)14(8)11/h4-6,17H,2-3,7H2,1H3,(H,19,20). The molecule has 0 saturated carbocycles. The number of nitrogens with zero attached hydrogens (tertiary/aromatic N) is 1. The van der Waals surface area contributed by atoms with Crippen molar-refractivity contribution in [3.63, 3.8) is 0 Å². The van der Waals surface area contributed by atoms with E-state index in [-0.39, 0.29) is 25.0 Å². The van der Waals surface area contributed by atoms with Crippen molar-refractivity contribution in [2.75, 3.05) is 6.61 Å². The van der Waals surface area contributed by atoms with Crippen molar-refractivity contribution in [1.82, 2.24) is 4.57 Å². The summed E-state index contributed by atoms with van der Waals surface area (Å²) in [6.07, 6.45) is -0.271. The minimum Gasteiger partial charge on any atom is -0.481 e. The molecule has 2 rings (SSSR count). The van der Waals surface area contributed by atoms with Crippen molar-refractivity contribution < 1.29 is 15.0 Å². The number of aliphatic carboxylic acids is 1. The molecule has 0 spiro atoms. The maximum atomic E-state index is 12.1. The Hall–Kier alpha value is -1.85. The molecule has 1 aromatic heterocycles. The first-order chi connectivity index (χ1) is 9.43. The number of carbonyl (C=O) groups is 1. The summed E-state index contributed by atoms with van der Waals surface area (Å²) in [7, 11) is 0. The van der Waals surface area contributed by atoms with Crippen LogP contribution in [0.25, 0.3) is 10.9 Å². The lowest BCUT2D eigenvalue weighted by molar-refractivity contribution is -0.136. The van der Waals surface area contributed by atoms with E-state index < -0.39 is 5.97 Å². The van der Waals surface area contributed by atoms with E-state index >= 15 is 0 Å². The number of hydrogen-bond acceptors (Lipinski definition) is 3. The quantitative estimate of drug-likeness (QED) is 0.897. The van der Waals surface area contributed by atoms with E-state index in [2.05, 4.69) is 0 Å². The summed E-state index contributed by atoms with van der Waals surface area (Å²) in [6, 6.07) is 4.56. The first-order valence-corrected chi connectivity index (χ1v) is 6.47. The zero-order valence-electron chi connectivity index (χ0n) is 10.9. The summed E-state index contributed by atoms with van der Waals surface area (Å²) in [5.41, 5.74) is 1.49. The number of aromatic nitrogens is 1. The third kappa shape index (κ3) is 2.69. The molecule has 0 amide bonds. The molecule has 0 saturated heterocycles. The molecule has 0 aliphatic heterocycles. The lowest BCUT2D eigenvalue weighted by atomic mass is 10.1. The van der Waals surface area contributed by atoms with E-state index in [0.717, 1.165) is 5.56 Å². The largest absolute Gasteiger partial charge is 0.481 e.